The van der Waals surface area contributed by atoms with Gasteiger partial charge in [-0.15, -0.1) is 0 Å². The van der Waals surface area contributed by atoms with E-state index in [2.05, 4.69) is 41.5 Å². The van der Waals surface area contributed by atoms with Crippen LogP contribution in [-0.2, 0) is 65.4 Å². The number of phosphoric ester groups is 2. The number of esters is 4. The summed E-state index contributed by atoms with van der Waals surface area (Å²) in [5.41, 5.74) is 0. The molecule has 0 spiro atoms. The van der Waals surface area contributed by atoms with E-state index in [9.17, 15) is 43.2 Å². The van der Waals surface area contributed by atoms with E-state index in [4.69, 9.17) is 37.0 Å². The molecule has 0 aromatic rings. The van der Waals surface area contributed by atoms with Gasteiger partial charge >= 0.3 is 39.5 Å². The molecule has 0 aliphatic heterocycles. The third-order valence-electron chi connectivity index (χ3n) is 21.3. The van der Waals surface area contributed by atoms with Crippen LogP contribution in [0.15, 0.2) is 0 Å². The van der Waals surface area contributed by atoms with Gasteiger partial charge in [-0.05, 0) is 37.5 Å². The van der Waals surface area contributed by atoms with Crippen LogP contribution >= 0.6 is 15.6 Å². The Morgan fingerprint density at radius 1 is 0.269 bits per heavy atom. The Bertz CT molecular complexity index is 2070. The smallest absolute Gasteiger partial charge is 0.462 e. The predicted octanol–water partition coefficient (Wildman–Crippen LogP) is 27.4. The van der Waals surface area contributed by atoms with Crippen molar-refractivity contribution < 1.29 is 80.2 Å². The Hall–Kier alpha value is -1.94. The van der Waals surface area contributed by atoms with Gasteiger partial charge in [0.1, 0.15) is 19.3 Å². The van der Waals surface area contributed by atoms with Gasteiger partial charge in [-0.2, -0.15) is 0 Å². The van der Waals surface area contributed by atoms with Crippen LogP contribution in [0, 0.1) is 11.8 Å². The normalized spacial score (nSPS) is 14.0. The minimum Gasteiger partial charge on any atom is -0.462 e. The zero-order valence-corrected chi connectivity index (χ0v) is 73.0. The molecule has 0 saturated heterocycles. The molecule has 19 heteroatoms. The van der Waals surface area contributed by atoms with Crippen LogP contribution in [0.25, 0.3) is 0 Å². The summed E-state index contributed by atoms with van der Waals surface area (Å²) >= 11 is 0. The maximum absolute atomic E-state index is 13.2. The maximum atomic E-state index is 13.2. The Morgan fingerprint density at radius 2 is 0.472 bits per heavy atom. The summed E-state index contributed by atoms with van der Waals surface area (Å²) in [6.45, 7) is 9.74. The van der Waals surface area contributed by atoms with Crippen LogP contribution in [0.3, 0.4) is 0 Å². The molecule has 0 fully saturated rings. The minimum atomic E-state index is -4.97. The van der Waals surface area contributed by atoms with Crippen LogP contribution in [0.5, 0.6) is 0 Å². The summed E-state index contributed by atoms with van der Waals surface area (Å²) in [4.78, 5) is 73.3. The molecule has 642 valence electrons. The molecule has 0 aliphatic carbocycles. The zero-order chi connectivity index (χ0) is 79.2. The third kappa shape index (κ3) is 80.7. The van der Waals surface area contributed by atoms with Crippen LogP contribution in [0.4, 0.5) is 0 Å². The lowest BCUT2D eigenvalue weighted by Gasteiger charge is -2.21. The molecule has 0 rings (SSSR count). The molecule has 0 radical (unpaired) electrons. The fraction of sp³-hybridized carbons (Fsp3) is 0.955. The number of hydrogen-bond acceptors (Lipinski definition) is 15. The van der Waals surface area contributed by atoms with Crippen molar-refractivity contribution in [1.29, 1.82) is 0 Å². The number of unbranched alkanes of at least 4 members (excludes halogenated alkanes) is 57. The number of ether oxygens (including phenoxy) is 4. The first-order chi connectivity index (χ1) is 52.4. The van der Waals surface area contributed by atoms with E-state index in [1.807, 2.05) is 0 Å². The van der Waals surface area contributed by atoms with Crippen LogP contribution in [0.1, 0.15) is 478 Å². The highest BCUT2D eigenvalue weighted by atomic mass is 31.2. The van der Waals surface area contributed by atoms with Gasteiger partial charge in [-0.1, -0.05) is 427 Å². The van der Waals surface area contributed by atoms with Gasteiger partial charge in [0, 0.05) is 25.7 Å². The molecule has 0 heterocycles. The summed E-state index contributed by atoms with van der Waals surface area (Å²) in [7, 11) is -9.93. The number of hydrogen-bond donors (Lipinski definition) is 3. The fourth-order valence-corrected chi connectivity index (χ4v) is 15.5. The second-order valence-corrected chi connectivity index (χ2v) is 35.6. The van der Waals surface area contributed by atoms with Crippen molar-refractivity contribution in [3.8, 4) is 0 Å². The molecule has 0 amide bonds. The first kappa shape index (κ1) is 106. The van der Waals surface area contributed by atoms with Crippen molar-refractivity contribution in [2.45, 2.75) is 496 Å². The number of carbonyl (C=O) groups is 4. The van der Waals surface area contributed by atoms with Crippen molar-refractivity contribution in [1.82, 2.24) is 0 Å². The average Bonchev–Trinajstić information content (AvgIpc) is 0.898. The SMILES string of the molecule is CCCCCCCCCCCCCCCCCCCCCCCC(=O)OC[C@H](COP(=O)(O)OC[C@@H](O)COP(=O)(O)OC[C@@H](COC(=O)CCCCCCCCCCCCCC)OC(=O)CCCCCCCCCCCCC(C)C)OC(=O)CCCCCCCCCCCCCCCCCCCCC(C)CC. The first-order valence-electron chi connectivity index (χ1n) is 46.0. The van der Waals surface area contributed by atoms with E-state index in [-0.39, 0.29) is 25.7 Å². The zero-order valence-electron chi connectivity index (χ0n) is 71.2. The highest BCUT2D eigenvalue weighted by molar-refractivity contribution is 7.47. The Labute approximate surface area is 664 Å². The molecule has 17 nitrogen and oxygen atoms in total. The molecular weight excluding hydrogens is 1400 g/mol. The van der Waals surface area contributed by atoms with Gasteiger partial charge in [0.25, 0.3) is 0 Å². The Balaban J connectivity index is 5.22. The van der Waals surface area contributed by atoms with Gasteiger partial charge in [0.2, 0.25) is 0 Å². The van der Waals surface area contributed by atoms with Crippen molar-refractivity contribution in [3.63, 3.8) is 0 Å². The third-order valence-corrected chi connectivity index (χ3v) is 23.2. The van der Waals surface area contributed by atoms with Crippen molar-refractivity contribution in [3.05, 3.63) is 0 Å². The topological polar surface area (TPSA) is 237 Å². The summed E-state index contributed by atoms with van der Waals surface area (Å²) in [5.74, 6) is -0.476. The lowest BCUT2D eigenvalue weighted by atomic mass is 9.99. The van der Waals surface area contributed by atoms with Crippen molar-refractivity contribution >= 4 is 39.5 Å². The highest BCUT2D eigenvalue weighted by Crippen LogP contribution is 2.45. The van der Waals surface area contributed by atoms with E-state index in [0.717, 1.165) is 102 Å². The summed E-state index contributed by atoms with van der Waals surface area (Å²) in [6.07, 6.45) is 73.7. The Kier molecular flexibility index (Phi) is 78.8. The molecule has 0 bridgehead atoms. The molecule has 3 N–H and O–H groups in total. The number of phosphoric acid groups is 2. The first-order valence-corrected chi connectivity index (χ1v) is 49.0. The minimum absolute atomic E-state index is 0.107. The molecule has 0 aromatic heterocycles. The fourth-order valence-electron chi connectivity index (χ4n) is 13.9. The standard InChI is InChI=1S/C89H174O17P2/c1-7-10-12-14-16-18-20-22-23-24-25-26-27-31-34-37-41-48-54-60-66-72-87(92)100-77-84(105-88(93)73-67-61-55-49-42-38-35-32-29-28-30-33-36-39-46-52-58-64-70-82(6)9-3)79-103-107(95,96)101-75-83(90)76-102-108(97,98)104-80-85(78-99-86(91)71-65-59-53-47-40-21-19-17-15-13-11-8-2)106-89(94)74-68-62-56-50-44-43-45-51-57-63-69-81(4)5/h81-85,90H,7-80H2,1-6H3,(H,95,96)(H,97,98)/t82?,83-,84-,85-/m1/s1. The molecule has 3 unspecified atom stereocenters. The van der Waals surface area contributed by atoms with E-state index in [0.29, 0.717) is 25.7 Å². The average molecular weight is 1580 g/mol. The van der Waals surface area contributed by atoms with E-state index in [1.54, 1.807) is 0 Å². The Morgan fingerprint density at radius 3 is 0.704 bits per heavy atom. The molecule has 0 saturated carbocycles. The van der Waals surface area contributed by atoms with Gasteiger partial charge in [-0.3, -0.25) is 37.3 Å². The van der Waals surface area contributed by atoms with Crippen LogP contribution in [0.2, 0.25) is 0 Å². The summed E-state index contributed by atoms with van der Waals surface area (Å²) < 4.78 is 69.0. The van der Waals surface area contributed by atoms with Gasteiger partial charge in [-0.25, -0.2) is 9.13 Å². The monoisotopic (exact) mass is 1580 g/mol. The van der Waals surface area contributed by atoms with Gasteiger partial charge < -0.3 is 33.8 Å². The molecule has 0 aliphatic rings. The van der Waals surface area contributed by atoms with Crippen LogP contribution in [-0.4, -0.2) is 96.7 Å². The van der Waals surface area contributed by atoms with Gasteiger partial charge in [0.05, 0.1) is 26.4 Å². The second kappa shape index (κ2) is 80.3. The predicted molar refractivity (Wildman–Crippen MR) is 446 cm³/mol. The van der Waals surface area contributed by atoms with E-state index < -0.39 is 97.5 Å². The van der Waals surface area contributed by atoms with E-state index in [1.165, 1.54) is 295 Å². The molecule has 0 aromatic carbocycles. The molecule has 6 atom stereocenters. The lowest BCUT2D eigenvalue weighted by Crippen LogP contribution is -2.30. The number of aliphatic hydroxyl groups excluding tert-OH is 1. The van der Waals surface area contributed by atoms with Gasteiger partial charge in [0.15, 0.2) is 12.2 Å². The second-order valence-electron chi connectivity index (χ2n) is 32.7. The molecule has 108 heavy (non-hydrogen) atoms. The number of rotatable bonds is 88. The highest BCUT2D eigenvalue weighted by Gasteiger charge is 2.31. The largest absolute Gasteiger partial charge is 0.472 e. The lowest BCUT2D eigenvalue weighted by molar-refractivity contribution is -0.161. The van der Waals surface area contributed by atoms with Crippen molar-refractivity contribution in [2.24, 2.45) is 11.8 Å². The summed E-state index contributed by atoms with van der Waals surface area (Å²) in [6, 6.07) is 0. The van der Waals surface area contributed by atoms with Crippen molar-refractivity contribution in [2.75, 3.05) is 39.6 Å². The summed E-state index contributed by atoms with van der Waals surface area (Å²) in [5, 5.41) is 10.7. The number of carbonyl (C=O) groups excluding carboxylic acids is 4. The maximum Gasteiger partial charge on any atom is 0.472 e. The van der Waals surface area contributed by atoms with Crippen LogP contribution < -0.4 is 0 Å². The molecular formula is C89H174O17P2. The van der Waals surface area contributed by atoms with E-state index >= 15 is 0 Å². The number of aliphatic hydroxyl groups is 1. The quantitative estimate of drug-likeness (QED) is 0.0222.